The van der Waals surface area contributed by atoms with E-state index in [4.69, 9.17) is 16.3 Å². The van der Waals surface area contributed by atoms with Crippen LogP contribution in [-0.2, 0) is 16.1 Å². The molecule has 0 spiro atoms. The Bertz CT molecular complexity index is 829. The topological polar surface area (TPSA) is 102 Å². The minimum atomic E-state index is -0.0617. The number of ether oxygens (including phenoxy) is 1. The summed E-state index contributed by atoms with van der Waals surface area (Å²) in [5.74, 6) is 0.929. The maximum absolute atomic E-state index is 12.4. The highest BCUT2D eigenvalue weighted by Gasteiger charge is 2.24. The Labute approximate surface area is 174 Å². The molecule has 0 saturated carbocycles. The number of benzene rings is 1. The second-order valence-electron chi connectivity index (χ2n) is 7.11. The van der Waals surface area contributed by atoms with Crippen molar-refractivity contribution in [2.45, 2.75) is 38.6 Å². The van der Waals surface area contributed by atoms with Crippen LogP contribution < -0.4 is 10.1 Å². The number of carbonyl (C=O) groups is 2. The summed E-state index contributed by atoms with van der Waals surface area (Å²) in [4.78, 5) is 26.6. The van der Waals surface area contributed by atoms with Gasteiger partial charge in [-0.15, -0.1) is 5.10 Å². The summed E-state index contributed by atoms with van der Waals surface area (Å²) < 4.78 is 6.66. The van der Waals surface area contributed by atoms with Crippen LogP contribution in [0.15, 0.2) is 24.5 Å². The molecular weight excluding hydrogens is 396 g/mol. The van der Waals surface area contributed by atoms with Crippen molar-refractivity contribution in [2.75, 3.05) is 25.5 Å². The minimum Gasteiger partial charge on any atom is -0.495 e. The first kappa shape index (κ1) is 21.0. The fourth-order valence-corrected chi connectivity index (χ4v) is 3.74. The van der Waals surface area contributed by atoms with Gasteiger partial charge in [0.15, 0.2) is 0 Å². The van der Waals surface area contributed by atoms with Gasteiger partial charge < -0.3 is 15.0 Å². The SMILES string of the molecule is COc1ccc(NC(=O)CC[C@@H]2CCCN(C(=O)CCn3cnnn3)C2)cc1Cl. The third-order valence-electron chi connectivity index (χ3n) is 5.03. The lowest BCUT2D eigenvalue weighted by atomic mass is 9.93. The third-order valence-corrected chi connectivity index (χ3v) is 5.33. The lowest BCUT2D eigenvalue weighted by Gasteiger charge is -2.32. The van der Waals surface area contributed by atoms with E-state index in [0.29, 0.717) is 48.3 Å². The first-order chi connectivity index (χ1) is 14.0. The zero-order valence-electron chi connectivity index (χ0n) is 16.4. The molecule has 0 aliphatic carbocycles. The summed E-state index contributed by atoms with van der Waals surface area (Å²) in [6, 6.07) is 5.15. The maximum atomic E-state index is 12.4. The molecule has 0 radical (unpaired) electrons. The van der Waals surface area contributed by atoms with Crippen molar-refractivity contribution >= 4 is 29.1 Å². The average molecular weight is 421 g/mol. The van der Waals surface area contributed by atoms with E-state index >= 15 is 0 Å². The van der Waals surface area contributed by atoms with Gasteiger partial charge >= 0.3 is 0 Å². The van der Waals surface area contributed by atoms with Crippen LogP contribution in [0.5, 0.6) is 5.75 Å². The number of piperidine rings is 1. The Kier molecular flexibility index (Phi) is 7.40. The molecule has 0 unspecified atom stereocenters. The Morgan fingerprint density at radius 1 is 1.34 bits per heavy atom. The number of rotatable bonds is 8. The molecule has 1 saturated heterocycles. The number of aryl methyl sites for hydroxylation is 1. The smallest absolute Gasteiger partial charge is 0.224 e. The van der Waals surface area contributed by atoms with Crippen molar-refractivity contribution < 1.29 is 14.3 Å². The fourth-order valence-electron chi connectivity index (χ4n) is 3.48. The molecule has 10 heteroatoms. The summed E-state index contributed by atoms with van der Waals surface area (Å²) in [6.07, 6.45) is 5.00. The molecule has 1 aromatic heterocycles. The second kappa shape index (κ2) is 10.2. The van der Waals surface area contributed by atoms with Gasteiger partial charge in [0.1, 0.15) is 12.1 Å². The monoisotopic (exact) mass is 420 g/mol. The fraction of sp³-hybridized carbons (Fsp3) is 0.526. The Hall–Kier alpha value is -2.68. The number of amides is 2. The van der Waals surface area contributed by atoms with Crippen LogP contribution in [0.2, 0.25) is 5.02 Å². The van der Waals surface area contributed by atoms with E-state index in [-0.39, 0.29) is 11.8 Å². The Morgan fingerprint density at radius 2 is 2.21 bits per heavy atom. The maximum Gasteiger partial charge on any atom is 0.224 e. The lowest BCUT2D eigenvalue weighted by Crippen LogP contribution is -2.40. The largest absolute Gasteiger partial charge is 0.495 e. The predicted molar refractivity (Wildman–Crippen MR) is 108 cm³/mol. The first-order valence-electron chi connectivity index (χ1n) is 9.67. The van der Waals surface area contributed by atoms with E-state index < -0.39 is 0 Å². The molecule has 1 aliphatic rings. The van der Waals surface area contributed by atoms with Crippen molar-refractivity contribution in [1.82, 2.24) is 25.1 Å². The molecule has 156 valence electrons. The highest BCUT2D eigenvalue weighted by Crippen LogP contribution is 2.27. The van der Waals surface area contributed by atoms with Gasteiger partial charge in [0.25, 0.3) is 0 Å². The zero-order chi connectivity index (χ0) is 20.6. The molecule has 1 fully saturated rings. The van der Waals surface area contributed by atoms with Crippen LogP contribution in [0.1, 0.15) is 32.1 Å². The number of aromatic nitrogens is 4. The van der Waals surface area contributed by atoms with Crippen LogP contribution in [0.25, 0.3) is 0 Å². The van der Waals surface area contributed by atoms with Crippen molar-refractivity contribution in [2.24, 2.45) is 5.92 Å². The van der Waals surface area contributed by atoms with Crippen molar-refractivity contribution in [3.8, 4) is 5.75 Å². The van der Waals surface area contributed by atoms with Gasteiger partial charge in [0, 0.05) is 31.6 Å². The van der Waals surface area contributed by atoms with Crippen LogP contribution >= 0.6 is 11.6 Å². The van der Waals surface area contributed by atoms with E-state index in [1.807, 2.05) is 4.90 Å². The van der Waals surface area contributed by atoms with Crippen LogP contribution in [0, 0.1) is 5.92 Å². The number of likely N-dealkylation sites (tertiary alicyclic amines) is 1. The third kappa shape index (κ3) is 6.15. The number of halogens is 1. The number of nitrogens with one attached hydrogen (secondary N) is 1. The van der Waals surface area contributed by atoms with Crippen molar-refractivity contribution in [3.63, 3.8) is 0 Å². The van der Waals surface area contributed by atoms with Crippen LogP contribution in [-0.4, -0.2) is 57.1 Å². The minimum absolute atomic E-state index is 0.0617. The molecule has 0 bridgehead atoms. The predicted octanol–water partition coefficient (Wildman–Crippen LogP) is 2.38. The van der Waals surface area contributed by atoms with Gasteiger partial charge in [-0.25, -0.2) is 4.68 Å². The quantitative estimate of drug-likeness (QED) is 0.703. The summed E-state index contributed by atoms with van der Waals surface area (Å²) >= 11 is 6.09. The molecule has 2 amide bonds. The van der Waals surface area contributed by atoms with Gasteiger partial charge in [-0.2, -0.15) is 0 Å². The summed E-state index contributed by atoms with van der Waals surface area (Å²) in [5, 5.41) is 14.2. The molecule has 29 heavy (non-hydrogen) atoms. The highest BCUT2D eigenvalue weighted by molar-refractivity contribution is 6.32. The van der Waals surface area contributed by atoms with E-state index in [9.17, 15) is 9.59 Å². The number of nitrogens with zero attached hydrogens (tertiary/aromatic N) is 5. The number of methoxy groups -OCH3 is 1. The van der Waals surface area contributed by atoms with E-state index in [0.717, 1.165) is 25.8 Å². The molecular formula is C19H25ClN6O3. The van der Waals surface area contributed by atoms with Crippen molar-refractivity contribution in [1.29, 1.82) is 0 Å². The molecule has 2 aromatic rings. The number of carbonyl (C=O) groups excluding carboxylic acids is 2. The number of tetrazole rings is 1. The summed E-state index contributed by atoms with van der Waals surface area (Å²) in [5.41, 5.74) is 0.642. The zero-order valence-corrected chi connectivity index (χ0v) is 17.1. The average Bonchev–Trinajstić information content (AvgIpc) is 3.24. The standard InChI is InChI=1S/C19H25ClN6O3/c1-29-17-6-5-15(11-16(17)20)22-18(27)7-4-14-3-2-9-25(12-14)19(28)8-10-26-13-21-23-24-26/h5-6,11,13-14H,2-4,7-10,12H2,1H3,(H,22,27)/t14-/m0/s1. The number of hydrogen-bond acceptors (Lipinski definition) is 6. The van der Waals surface area contributed by atoms with Gasteiger partial charge in [-0.05, 0) is 53.8 Å². The normalized spacial score (nSPS) is 16.5. The number of anilines is 1. The lowest BCUT2D eigenvalue weighted by molar-refractivity contribution is -0.133. The Balaban J connectivity index is 1.42. The molecule has 1 N–H and O–H groups in total. The Morgan fingerprint density at radius 3 is 2.93 bits per heavy atom. The summed E-state index contributed by atoms with van der Waals surface area (Å²) in [7, 11) is 1.55. The van der Waals surface area contributed by atoms with Crippen LogP contribution in [0.4, 0.5) is 5.69 Å². The van der Waals surface area contributed by atoms with Gasteiger partial charge in [0.2, 0.25) is 11.8 Å². The van der Waals surface area contributed by atoms with Gasteiger partial charge in [-0.1, -0.05) is 11.6 Å². The molecule has 1 atom stereocenters. The molecule has 1 aromatic carbocycles. The first-order valence-corrected chi connectivity index (χ1v) is 10.0. The summed E-state index contributed by atoms with van der Waals surface area (Å²) in [6.45, 7) is 1.93. The molecule has 2 heterocycles. The van der Waals surface area contributed by atoms with Crippen molar-refractivity contribution in [3.05, 3.63) is 29.5 Å². The second-order valence-corrected chi connectivity index (χ2v) is 7.51. The van der Waals surface area contributed by atoms with E-state index in [2.05, 4.69) is 20.8 Å². The van der Waals surface area contributed by atoms with Crippen LogP contribution in [0.3, 0.4) is 0 Å². The molecule has 3 rings (SSSR count). The van der Waals surface area contributed by atoms with E-state index in [1.165, 1.54) is 6.33 Å². The number of hydrogen-bond donors (Lipinski definition) is 1. The highest BCUT2D eigenvalue weighted by atomic mass is 35.5. The van der Waals surface area contributed by atoms with Gasteiger partial charge in [-0.3, -0.25) is 9.59 Å². The van der Waals surface area contributed by atoms with Gasteiger partial charge in [0.05, 0.1) is 18.7 Å². The molecule has 1 aliphatic heterocycles. The van der Waals surface area contributed by atoms with E-state index in [1.54, 1.807) is 30.0 Å². The molecule has 9 nitrogen and oxygen atoms in total.